The van der Waals surface area contributed by atoms with Gasteiger partial charge in [-0.3, -0.25) is 0 Å². The second kappa shape index (κ2) is 5.95. The van der Waals surface area contributed by atoms with E-state index in [0.29, 0.717) is 12.0 Å². The van der Waals surface area contributed by atoms with Gasteiger partial charge in [-0.05, 0) is 18.6 Å². The van der Waals surface area contributed by atoms with Crippen molar-refractivity contribution in [1.29, 1.82) is 0 Å². The Balaban J connectivity index is 3.21. The van der Waals surface area contributed by atoms with Crippen LogP contribution in [0.3, 0.4) is 0 Å². The van der Waals surface area contributed by atoms with Crippen molar-refractivity contribution in [2.45, 2.75) is 25.5 Å². The Labute approximate surface area is 106 Å². The first-order valence-corrected chi connectivity index (χ1v) is 7.37. The molecule has 0 amide bonds. The van der Waals surface area contributed by atoms with E-state index in [2.05, 4.69) is 5.16 Å². The van der Waals surface area contributed by atoms with Gasteiger partial charge in [-0.25, -0.2) is 12.8 Å². The quantitative estimate of drug-likeness (QED) is 0.508. The lowest BCUT2D eigenvalue weighted by Crippen LogP contribution is -2.32. The van der Waals surface area contributed by atoms with Gasteiger partial charge in [0.05, 0.1) is 0 Å². The normalized spacial score (nSPS) is 14.5. The van der Waals surface area contributed by atoms with Crippen LogP contribution in [0.5, 0.6) is 0 Å². The zero-order valence-electron chi connectivity index (χ0n) is 10.3. The van der Waals surface area contributed by atoms with Gasteiger partial charge in [0.2, 0.25) is 0 Å². The average Bonchev–Trinajstić information content (AvgIpc) is 2.36. The standard InChI is InChI=1S/C12H16FNO3S/c1-3-11(18(16,17)4-2)12(14-15)9-5-7-10(13)8-6-9/h5-8,11,15H,3-4H2,1-2H3/b14-12+. The van der Waals surface area contributed by atoms with E-state index >= 15 is 0 Å². The van der Waals surface area contributed by atoms with Crippen LogP contribution >= 0.6 is 0 Å². The maximum atomic E-state index is 12.8. The third kappa shape index (κ3) is 3.07. The van der Waals surface area contributed by atoms with E-state index in [1.165, 1.54) is 31.2 Å². The summed E-state index contributed by atoms with van der Waals surface area (Å²) in [4.78, 5) is 0. The fraction of sp³-hybridized carbons (Fsp3) is 0.417. The molecule has 0 heterocycles. The molecular formula is C12H16FNO3S. The number of nitrogens with zero attached hydrogens (tertiary/aromatic N) is 1. The minimum atomic E-state index is -3.36. The molecule has 0 radical (unpaired) electrons. The van der Waals surface area contributed by atoms with Gasteiger partial charge in [0.15, 0.2) is 9.84 Å². The predicted octanol–water partition coefficient (Wildman–Crippen LogP) is 2.22. The molecule has 1 N–H and O–H groups in total. The van der Waals surface area contributed by atoms with E-state index in [-0.39, 0.29) is 11.5 Å². The zero-order chi connectivity index (χ0) is 13.8. The molecule has 0 saturated heterocycles. The number of halogens is 1. The minimum absolute atomic E-state index is 0.0360. The molecule has 0 saturated carbocycles. The molecule has 0 bridgehead atoms. The first kappa shape index (κ1) is 14.6. The van der Waals surface area contributed by atoms with E-state index < -0.39 is 20.9 Å². The van der Waals surface area contributed by atoms with Crippen molar-refractivity contribution in [2.24, 2.45) is 5.16 Å². The molecule has 1 rings (SSSR count). The Kier molecular flexibility index (Phi) is 4.84. The Morgan fingerprint density at radius 3 is 2.28 bits per heavy atom. The molecular weight excluding hydrogens is 257 g/mol. The summed E-state index contributed by atoms with van der Waals surface area (Å²) in [7, 11) is -3.36. The van der Waals surface area contributed by atoms with Crippen molar-refractivity contribution in [3.8, 4) is 0 Å². The van der Waals surface area contributed by atoms with E-state index in [1.807, 2.05) is 0 Å². The number of hydrogen-bond donors (Lipinski definition) is 1. The summed E-state index contributed by atoms with van der Waals surface area (Å²) < 4.78 is 36.6. The molecule has 0 fully saturated rings. The Hall–Kier alpha value is -1.43. The highest BCUT2D eigenvalue weighted by Crippen LogP contribution is 2.16. The number of oxime groups is 1. The van der Waals surface area contributed by atoms with Crippen LogP contribution in [0.1, 0.15) is 25.8 Å². The summed E-state index contributed by atoms with van der Waals surface area (Å²) in [5, 5.41) is 11.3. The van der Waals surface area contributed by atoms with Crippen molar-refractivity contribution in [3.63, 3.8) is 0 Å². The van der Waals surface area contributed by atoms with E-state index in [1.54, 1.807) is 6.92 Å². The second-order valence-corrected chi connectivity index (χ2v) is 6.31. The van der Waals surface area contributed by atoms with Gasteiger partial charge >= 0.3 is 0 Å². The summed E-state index contributed by atoms with van der Waals surface area (Å²) in [5.74, 6) is -0.464. The third-order valence-electron chi connectivity index (χ3n) is 2.76. The Morgan fingerprint density at radius 2 is 1.89 bits per heavy atom. The van der Waals surface area contributed by atoms with Crippen molar-refractivity contribution in [2.75, 3.05) is 5.75 Å². The maximum Gasteiger partial charge on any atom is 0.158 e. The highest BCUT2D eigenvalue weighted by molar-refractivity contribution is 7.92. The van der Waals surface area contributed by atoms with Gasteiger partial charge < -0.3 is 5.21 Å². The smallest absolute Gasteiger partial charge is 0.158 e. The molecule has 1 unspecified atom stereocenters. The van der Waals surface area contributed by atoms with E-state index in [4.69, 9.17) is 5.21 Å². The minimum Gasteiger partial charge on any atom is -0.411 e. The third-order valence-corrected chi connectivity index (χ3v) is 4.99. The van der Waals surface area contributed by atoms with Crippen molar-refractivity contribution in [1.82, 2.24) is 0 Å². The number of hydrogen-bond acceptors (Lipinski definition) is 4. The Morgan fingerprint density at radius 1 is 1.33 bits per heavy atom. The summed E-state index contributed by atoms with van der Waals surface area (Å²) in [6.45, 7) is 3.24. The molecule has 1 aromatic carbocycles. The number of benzene rings is 1. The van der Waals surface area contributed by atoms with Crippen molar-refractivity contribution >= 4 is 15.5 Å². The molecule has 0 aromatic heterocycles. The highest BCUT2D eigenvalue weighted by atomic mass is 32.2. The fourth-order valence-electron chi connectivity index (χ4n) is 1.75. The maximum absolute atomic E-state index is 12.8. The lowest BCUT2D eigenvalue weighted by Gasteiger charge is -2.16. The fourth-order valence-corrected chi connectivity index (χ4v) is 3.18. The van der Waals surface area contributed by atoms with Gasteiger partial charge in [-0.15, -0.1) is 0 Å². The summed E-state index contributed by atoms with van der Waals surface area (Å²) in [6, 6.07) is 5.20. The van der Waals surface area contributed by atoms with Crippen molar-refractivity contribution < 1.29 is 18.0 Å². The summed E-state index contributed by atoms with van der Waals surface area (Å²) in [5.41, 5.74) is 0.460. The average molecular weight is 273 g/mol. The topological polar surface area (TPSA) is 66.7 Å². The molecule has 0 aliphatic heterocycles. The lowest BCUT2D eigenvalue weighted by atomic mass is 10.1. The zero-order valence-corrected chi connectivity index (χ0v) is 11.1. The van der Waals surface area contributed by atoms with Gasteiger partial charge in [0.25, 0.3) is 0 Å². The molecule has 18 heavy (non-hydrogen) atoms. The summed E-state index contributed by atoms with van der Waals surface area (Å²) in [6.07, 6.45) is 0.299. The first-order chi connectivity index (χ1) is 8.46. The van der Waals surface area contributed by atoms with Crippen LogP contribution in [0.4, 0.5) is 4.39 Å². The lowest BCUT2D eigenvalue weighted by molar-refractivity contribution is 0.318. The van der Waals surface area contributed by atoms with Gasteiger partial charge in [0.1, 0.15) is 16.8 Å². The predicted molar refractivity (Wildman–Crippen MR) is 68.3 cm³/mol. The van der Waals surface area contributed by atoms with E-state index in [0.717, 1.165) is 0 Å². The van der Waals surface area contributed by atoms with E-state index in [9.17, 15) is 12.8 Å². The Bertz CT molecular complexity index is 523. The van der Waals surface area contributed by atoms with Crippen LogP contribution in [0.25, 0.3) is 0 Å². The van der Waals surface area contributed by atoms with Gasteiger partial charge in [-0.1, -0.05) is 31.1 Å². The molecule has 0 aliphatic carbocycles. The molecule has 0 spiro atoms. The molecule has 1 atom stereocenters. The number of sulfone groups is 1. The largest absolute Gasteiger partial charge is 0.411 e. The van der Waals surface area contributed by atoms with Crippen LogP contribution in [-0.4, -0.2) is 30.3 Å². The van der Waals surface area contributed by atoms with Gasteiger partial charge in [0, 0.05) is 11.3 Å². The van der Waals surface area contributed by atoms with Crippen LogP contribution < -0.4 is 0 Å². The van der Waals surface area contributed by atoms with Crippen LogP contribution in [-0.2, 0) is 9.84 Å². The molecule has 100 valence electrons. The molecule has 6 heteroatoms. The second-order valence-electron chi connectivity index (χ2n) is 3.84. The first-order valence-electron chi connectivity index (χ1n) is 5.65. The highest BCUT2D eigenvalue weighted by Gasteiger charge is 2.28. The van der Waals surface area contributed by atoms with Crippen LogP contribution in [0, 0.1) is 5.82 Å². The van der Waals surface area contributed by atoms with Crippen LogP contribution in [0.15, 0.2) is 29.4 Å². The SMILES string of the molecule is CCC(/C(=N/O)c1ccc(F)cc1)S(=O)(=O)CC. The molecule has 1 aromatic rings. The monoisotopic (exact) mass is 273 g/mol. The van der Waals surface area contributed by atoms with Gasteiger partial charge in [-0.2, -0.15) is 0 Å². The summed E-state index contributed by atoms with van der Waals surface area (Å²) >= 11 is 0. The van der Waals surface area contributed by atoms with Crippen LogP contribution in [0.2, 0.25) is 0 Å². The molecule has 4 nitrogen and oxygen atoms in total. The van der Waals surface area contributed by atoms with Crippen molar-refractivity contribution in [3.05, 3.63) is 35.6 Å². The number of rotatable bonds is 5. The molecule has 0 aliphatic rings.